The van der Waals surface area contributed by atoms with Crippen molar-refractivity contribution in [2.75, 3.05) is 18.0 Å². The smallest absolute Gasteiger partial charge is 0.0412 e. The third-order valence-corrected chi connectivity index (χ3v) is 5.48. The fraction of sp³-hybridized carbons (Fsp3) is 0.625. The van der Waals surface area contributed by atoms with Crippen molar-refractivity contribution in [2.24, 2.45) is 5.92 Å². The Kier molecular flexibility index (Phi) is 3.86. The molecule has 1 aliphatic carbocycles. The van der Waals surface area contributed by atoms with Crippen molar-refractivity contribution in [3.05, 3.63) is 28.2 Å². The summed E-state index contributed by atoms with van der Waals surface area (Å²) in [4.78, 5) is 2.62. The molecule has 2 aliphatic rings. The van der Waals surface area contributed by atoms with Crippen LogP contribution >= 0.6 is 15.9 Å². The van der Waals surface area contributed by atoms with E-state index in [1.807, 2.05) is 0 Å². The lowest BCUT2D eigenvalue weighted by Gasteiger charge is -2.42. The average Bonchev–Trinajstić information content (AvgIpc) is 3.26. The first-order valence-corrected chi connectivity index (χ1v) is 8.24. The van der Waals surface area contributed by atoms with Crippen LogP contribution in [0.1, 0.15) is 31.7 Å². The highest BCUT2D eigenvalue weighted by atomic mass is 79.9. The Bertz CT molecular complexity index is 456. The molecule has 1 aromatic rings. The van der Waals surface area contributed by atoms with Crippen molar-refractivity contribution in [3.63, 3.8) is 0 Å². The van der Waals surface area contributed by atoms with E-state index in [1.165, 1.54) is 41.5 Å². The molecule has 1 heterocycles. The van der Waals surface area contributed by atoms with E-state index < -0.39 is 0 Å². The minimum Gasteiger partial charge on any atom is -0.366 e. The molecule has 104 valence electrons. The Balaban J connectivity index is 1.82. The lowest BCUT2D eigenvalue weighted by atomic mass is 10.0. The zero-order valence-electron chi connectivity index (χ0n) is 11.8. The van der Waals surface area contributed by atoms with Gasteiger partial charge in [0.05, 0.1) is 0 Å². The van der Waals surface area contributed by atoms with Gasteiger partial charge in [0.2, 0.25) is 0 Å². The van der Waals surface area contributed by atoms with Crippen LogP contribution in [-0.2, 0) is 0 Å². The van der Waals surface area contributed by atoms with E-state index in [2.05, 4.69) is 58.2 Å². The van der Waals surface area contributed by atoms with Crippen LogP contribution in [0.4, 0.5) is 5.69 Å². The maximum Gasteiger partial charge on any atom is 0.0412 e. The van der Waals surface area contributed by atoms with Gasteiger partial charge in [-0.1, -0.05) is 22.9 Å². The normalized spacial score (nSPS) is 27.6. The maximum atomic E-state index is 3.76. The summed E-state index contributed by atoms with van der Waals surface area (Å²) in [6, 6.07) is 8.10. The van der Waals surface area contributed by atoms with Crippen LogP contribution in [0, 0.1) is 12.8 Å². The van der Waals surface area contributed by atoms with E-state index in [-0.39, 0.29) is 0 Å². The topological polar surface area (TPSA) is 15.3 Å². The van der Waals surface area contributed by atoms with Crippen LogP contribution < -0.4 is 10.2 Å². The van der Waals surface area contributed by atoms with E-state index in [9.17, 15) is 0 Å². The van der Waals surface area contributed by atoms with E-state index >= 15 is 0 Å². The summed E-state index contributed by atoms with van der Waals surface area (Å²) in [5.74, 6) is 0.928. The van der Waals surface area contributed by atoms with Crippen LogP contribution in [0.15, 0.2) is 22.7 Å². The summed E-state index contributed by atoms with van der Waals surface area (Å²) in [5.41, 5.74) is 2.72. The second-order valence-electron chi connectivity index (χ2n) is 6.00. The van der Waals surface area contributed by atoms with Gasteiger partial charge in [-0.2, -0.15) is 0 Å². The van der Waals surface area contributed by atoms with Crippen molar-refractivity contribution in [1.82, 2.24) is 5.32 Å². The van der Waals surface area contributed by atoms with Gasteiger partial charge in [-0.15, -0.1) is 0 Å². The number of anilines is 1. The van der Waals surface area contributed by atoms with Crippen LogP contribution in [0.25, 0.3) is 0 Å². The number of halogens is 1. The highest BCUT2D eigenvalue weighted by molar-refractivity contribution is 9.10. The Morgan fingerprint density at radius 2 is 2.16 bits per heavy atom. The van der Waals surface area contributed by atoms with Crippen LogP contribution in [-0.4, -0.2) is 25.2 Å². The fourth-order valence-electron chi connectivity index (χ4n) is 3.13. The largest absolute Gasteiger partial charge is 0.366 e. The monoisotopic (exact) mass is 322 g/mol. The van der Waals surface area contributed by atoms with Gasteiger partial charge in [-0.05, 0) is 55.9 Å². The number of nitrogens with zero attached hydrogens (tertiary/aromatic N) is 1. The molecule has 1 N–H and O–H groups in total. The molecule has 2 fully saturated rings. The third kappa shape index (κ3) is 2.82. The maximum absolute atomic E-state index is 3.76. The molecule has 2 unspecified atom stereocenters. The summed E-state index contributed by atoms with van der Waals surface area (Å²) in [6.07, 6.45) is 4.04. The lowest BCUT2D eigenvalue weighted by Crippen LogP contribution is -2.57. The number of aryl methyl sites for hydroxylation is 1. The van der Waals surface area contributed by atoms with E-state index in [0.29, 0.717) is 12.1 Å². The van der Waals surface area contributed by atoms with Gasteiger partial charge in [-0.25, -0.2) is 0 Å². The first kappa shape index (κ1) is 13.4. The minimum absolute atomic E-state index is 0.635. The number of nitrogens with one attached hydrogen (secondary N) is 1. The van der Waals surface area contributed by atoms with Crippen molar-refractivity contribution < 1.29 is 0 Å². The number of hydrogen-bond donors (Lipinski definition) is 1. The predicted octanol–water partition coefficient (Wildman–Crippen LogP) is 3.72. The zero-order chi connectivity index (χ0) is 13.4. The van der Waals surface area contributed by atoms with Gasteiger partial charge in [0.25, 0.3) is 0 Å². The molecule has 2 nitrogen and oxygen atoms in total. The molecular formula is C16H23BrN2. The first-order chi connectivity index (χ1) is 9.19. The highest BCUT2D eigenvalue weighted by Crippen LogP contribution is 2.36. The summed E-state index contributed by atoms with van der Waals surface area (Å²) in [6.45, 7) is 6.77. The Labute approximate surface area is 124 Å². The molecule has 0 aromatic heterocycles. The molecule has 0 spiro atoms. The summed E-state index contributed by atoms with van der Waals surface area (Å²) >= 11 is 3.60. The van der Waals surface area contributed by atoms with Gasteiger partial charge in [-0.3, -0.25) is 0 Å². The van der Waals surface area contributed by atoms with E-state index in [4.69, 9.17) is 0 Å². The first-order valence-electron chi connectivity index (χ1n) is 7.45. The number of rotatable bonds is 3. The molecule has 1 saturated carbocycles. The summed E-state index contributed by atoms with van der Waals surface area (Å²) in [7, 11) is 0. The zero-order valence-corrected chi connectivity index (χ0v) is 13.4. The number of piperazine rings is 1. The molecule has 3 heteroatoms. The van der Waals surface area contributed by atoms with Crippen molar-refractivity contribution in [2.45, 2.75) is 45.2 Å². The Morgan fingerprint density at radius 3 is 2.79 bits per heavy atom. The second-order valence-corrected chi connectivity index (χ2v) is 6.85. The van der Waals surface area contributed by atoms with Crippen LogP contribution in [0.3, 0.4) is 0 Å². The van der Waals surface area contributed by atoms with Crippen LogP contribution in [0.5, 0.6) is 0 Å². The Morgan fingerprint density at radius 1 is 1.37 bits per heavy atom. The van der Waals surface area contributed by atoms with Gasteiger partial charge in [0, 0.05) is 35.3 Å². The molecule has 2 atom stereocenters. The Hall–Kier alpha value is -0.540. The predicted molar refractivity (Wildman–Crippen MR) is 84.8 cm³/mol. The standard InChI is InChI=1S/C16H23BrN2/c1-3-13-9-18-16(12-4-5-12)10-19(13)14-6-7-15(17)11(2)8-14/h6-8,12-13,16,18H,3-5,9-10H2,1-2H3. The molecule has 0 radical (unpaired) electrons. The molecule has 0 bridgehead atoms. The van der Waals surface area contributed by atoms with E-state index in [1.54, 1.807) is 0 Å². The average molecular weight is 323 g/mol. The molecule has 1 aromatic carbocycles. The summed E-state index contributed by atoms with van der Waals surface area (Å²) in [5, 5.41) is 3.76. The summed E-state index contributed by atoms with van der Waals surface area (Å²) < 4.78 is 1.21. The van der Waals surface area contributed by atoms with Gasteiger partial charge in [0.15, 0.2) is 0 Å². The van der Waals surface area contributed by atoms with Gasteiger partial charge in [0.1, 0.15) is 0 Å². The molecule has 0 amide bonds. The third-order valence-electron chi connectivity index (χ3n) is 4.59. The van der Waals surface area contributed by atoms with Crippen LogP contribution in [0.2, 0.25) is 0 Å². The quantitative estimate of drug-likeness (QED) is 0.912. The highest BCUT2D eigenvalue weighted by Gasteiger charge is 2.36. The van der Waals surface area contributed by atoms with Crippen molar-refractivity contribution in [3.8, 4) is 0 Å². The molecule has 1 saturated heterocycles. The fourth-order valence-corrected chi connectivity index (χ4v) is 3.37. The van der Waals surface area contributed by atoms with Gasteiger partial charge < -0.3 is 10.2 Å². The lowest BCUT2D eigenvalue weighted by molar-refractivity contribution is 0.360. The number of benzene rings is 1. The molecule has 19 heavy (non-hydrogen) atoms. The minimum atomic E-state index is 0.635. The second kappa shape index (κ2) is 5.45. The van der Waals surface area contributed by atoms with Crippen molar-refractivity contribution in [1.29, 1.82) is 0 Å². The molecule has 3 rings (SSSR count). The van der Waals surface area contributed by atoms with E-state index in [0.717, 1.165) is 12.5 Å². The van der Waals surface area contributed by atoms with Gasteiger partial charge >= 0.3 is 0 Å². The SMILES string of the molecule is CCC1CNC(C2CC2)CN1c1ccc(Br)c(C)c1. The molecule has 1 aliphatic heterocycles. The molecular weight excluding hydrogens is 300 g/mol. The van der Waals surface area contributed by atoms with Crippen molar-refractivity contribution >= 4 is 21.6 Å². The number of hydrogen-bond acceptors (Lipinski definition) is 2.